The normalized spacial score (nSPS) is 19.1. The third kappa shape index (κ3) is 6.40. The van der Waals surface area contributed by atoms with Crippen molar-refractivity contribution in [1.29, 1.82) is 0 Å². The highest BCUT2D eigenvalue weighted by Gasteiger charge is 2.31. The number of piperazine rings is 1. The molecule has 0 bridgehead atoms. The molecular weight excluding hydrogens is 521 g/mol. The van der Waals surface area contributed by atoms with Gasteiger partial charge < -0.3 is 15.1 Å². The maximum absolute atomic E-state index is 14.9. The number of rotatable bonds is 9. The predicted octanol–water partition coefficient (Wildman–Crippen LogP) is 7.43. The first-order chi connectivity index (χ1) is 20.6. The Morgan fingerprint density at radius 3 is 2.40 bits per heavy atom. The van der Waals surface area contributed by atoms with Crippen LogP contribution < -0.4 is 5.32 Å². The van der Waals surface area contributed by atoms with Gasteiger partial charge in [0.1, 0.15) is 5.82 Å². The number of hydrogen-bond donors (Lipinski definition) is 1. The summed E-state index contributed by atoms with van der Waals surface area (Å²) in [5.74, 6) is 0.580. The molecular formula is C36H42FN5. The van der Waals surface area contributed by atoms with Crippen LogP contribution in [0.25, 0.3) is 11.3 Å². The van der Waals surface area contributed by atoms with Crippen LogP contribution in [0.4, 0.5) is 16.0 Å². The van der Waals surface area contributed by atoms with Crippen molar-refractivity contribution in [2.24, 2.45) is 0 Å². The monoisotopic (exact) mass is 563 g/mol. The molecule has 2 atom stereocenters. The standard InChI is InChI=1S/C36H42FN5/c1-3-4-17-41-19-21-42(22-20-41)18-16-27-10-9-11-29(23-27)39-36-38-25-28-24-33(31-13-7-8-15-34(31)37)26(2)30-12-5-6-14-32(30)35(28)40-36/h5-15,23,25-26,33H,3-4,16-22,24H2,1-2H3,(H,38,39,40). The molecule has 2 aliphatic rings. The molecule has 1 N–H and O–H groups in total. The van der Waals surface area contributed by atoms with Gasteiger partial charge in [0.2, 0.25) is 5.95 Å². The average molecular weight is 564 g/mol. The fourth-order valence-electron chi connectivity index (χ4n) is 6.58. The molecule has 1 saturated heterocycles. The molecule has 1 aromatic heterocycles. The van der Waals surface area contributed by atoms with Crippen molar-refractivity contribution in [2.45, 2.75) is 51.4 Å². The van der Waals surface area contributed by atoms with Crippen molar-refractivity contribution in [3.63, 3.8) is 0 Å². The molecule has 42 heavy (non-hydrogen) atoms. The Kier molecular flexibility index (Phi) is 8.92. The zero-order chi connectivity index (χ0) is 28.9. The van der Waals surface area contributed by atoms with Crippen LogP contribution >= 0.6 is 0 Å². The summed E-state index contributed by atoms with van der Waals surface area (Å²) < 4.78 is 14.9. The van der Waals surface area contributed by atoms with Crippen LogP contribution in [0.15, 0.2) is 79.0 Å². The van der Waals surface area contributed by atoms with Gasteiger partial charge in [-0.15, -0.1) is 0 Å². The number of fused-ring (bicyclic) bond motifs is 3. The van der Waals surface area contributed by atoms with Crippen LogP contribution in [-0.2, 0) is 12.8 Å². The molecule has 6 rings (SSSR count). The van der Waals surface area contributed by atoms with Crippen LogP contribution in [0.5, 0.6) is 0 Å². The molecule has 3 aromatic carbocycles. The highest BCUT2D eigenvalue weighted by atomic mass is 19.1. The van der Waals surface area contributed by atoms with Gasteiger partial charge in [-0.3, -0.25) is 0 Å². The molecule has 2 unspecified atom stereocenters. The first kappa shape index (κ1) is 28.5. The third-order valence-corrected chi connectivity index (χ3v) is 9.11. The maximum atomic E-state index is 14.9. The Bertz CT molecular complexity index is 1500. The summed E-state index contributed by atoms with van der Waals surface area (Å²) in [5.41, 5.74) is 7.35. The van der Waals surface area contributed by atoms with Crippen molar-refractivity contribution in [1.82, 2.24) is 19.8 Å². The fraction of sp³-hybridized carbons (Fsp3) is 0.389. The molecule has 4 aromatic rings. The van der Waals surface area contributed by atoms with E-state index >= 15 is 0 Å². The minimum atomic E-state index is -0.149. The summed E-state index contributed by atoms with van der Waals surface area (Å²) >= 11 is 0. The van der Waals surface area contributed by atoms with E-state index in [0.717, 1.165) is 54.1 Å². The SMILES string of the molecule is CCCCN1CCN(CCc2cccc(Nc3ncc4c(n3)-c3ccccc3C(C)C(c3ccccc3F)C4)c2)CC1. The zero-order valence-electron chi connectivity index (χ0n) is 24.9. The van der Waals surface area contributed by atoms with E-state index in [1.165, 1.54) is 43.6 Å². The van der Waals surface area contributed by atoms with Crippen molar-refractivity contribution in [2.75, 3.05) is 44.6 Å². The average Bonchev–Trinajstić information content (AvgIpc) is 3.14. The molecule has 1 aliphatic carbocycles. The molecule has 6 heteroatoms. The molecule has 1 fully saturated rings. The summed E-state index contributed by atoms with van der Waals surface area (Å²) in [7, 11) is 0. The van der Waals surface area contributed by atoms with Crippen LogP contribution in [0.1, 0.15) is 60.8 Å². The lowest BCUT2D eigenvalue weighted by molar-refractivity contribution is 0.132. The number of unbranched alkanes of at least 4 members (excludes halogenated alkanes) is 1. The second kappa shape index (κ2) is 13.1. The quantitative estimate of drug-likeness (QED) is 0.229. The van der Waals surface area contributed by atoms with Crippen LogP contribution in [-0.4, -0.2) is 59.0 Å². The van der Waals surface area contributed by atoms with Gasteiger partial charge in [-0.05, 0) is 78.1 Å². The molecule has 0 amide bonds. The van der Waals surface area contributed by atoms with Crippen molar-refractivity contribution in [3.05, 3.63) is 107 Å². The van der Waals surface area contributed by atoms with Crippen molar-refractivity contribution in [3.8, 4) is 11.3 Å². The fourth-order valence-corrected chi connectivity index (χ4v) is 6.58. The summed E-state index contributed by atoms with van der Waals surface area (Å²) in [4.78, 5) is 15.0. The lowest BCUT2D eigenvalue weighted by Gasteiger charge is -2.34. The lowest BCUT2D eigenvalue weighted by atomic mass is 9.80. The van der Waals surface area contributed by atoms with E-state index < -0.39 is 0 Å². The van der Waals surface area contributed by atoms with Gasteiger partial charge in [0, 0.05) is 50.2 Å². The number of benzene rings is 3. The van der Waals surface area contributed by atoms with E-state index in [1.807, 2.05) is 18.3 Å². The Hall–Kier alpha value is -3.61. The summed E-state index contributed by atoms with van der Waals surface area (Å²) in [6.45, 7) is 11.5. The van der Waals surface area contributed by atoms with Crippen LogP contribution in [0.2, 0.25) is 0 Å². The van der Waals surface area contributed by atoms with Gasteiger partial charge >= 0.3 is 0 Å². The Balaban J connectivity index is 1.17. The summed E-state index contributed by atoms with van der Waals surface area (Å²) in [5, 5.41) is 3.47. The Labute approximate surface area is 249 Å². The lowest BCUT2D eigenvalue weighted by Crippen LogP contribution is -2.47. The van der Waals surface area contributed by atoms with E-state index in [-0.39, 0.29) is 17.7 Å². The van der Waals surface area contributed by atoms with E-state index in [9.17, 15) is 4.39 Å². The second-order valence-corrected chi connectivity index (χ2v) is 11.9. The predicted molar refractivity (Wildman–Crippen MR) is 170 cm³/mol. The summed E-state index contributed by atoms with van der Waals surface area (Å²) in [6, 6.07) is 24.2. The smallest absolute Gasteiger partial charge is 0.227 e. The number of nitrogens with one attached hydrogen (secondary N) is 1. The van der Waals surface area contributed by atoms with E-state index in [4.69, 9.17) is 9.97 Å². The topological polar surface area (TPSA) is 44.3 Å². The van der Waals surface area contributed by atoms with Crippen LogP contribution in [0, 0.1) is 5.82 Å². The maximum Gasteiger partial charge on any atom is 0.227 e. The highest BCUT2D eigenvalue weighted by molar-refractivity contribution is 5.71. The number of nitrogens with zero attached hydrogens (tertiary/aromatic N) is 4. The number of hydrogen-bond acceptors (Lipinski definition) is 5. The minimum absolute atomic E-state index is 0.00649. The largest absolute Gasteiger partial charge is 0.324 e. The van der Waals surface area contributed by atoms with Crippen molar-refractivity contribution < 1.29 is 4.39 Å². The van der Waals surface area contributed by atoms with Gasteiger partial charge in [0.25, 0.3) is 0 Å². The number of halogens is 1. The van der Waals surface area contributed by atoms with E-state index in [0.29, 0.717) is 12.4 Å². The molecule has 0 radical (unpaired) electrons. The Morgan fingerprint density at radius 1 is 0.881 bits per heavy atom. The van der Waals surface area contributed by atoms with Crippen LogP contribution in [0.3, 0.4) is 0 Å². The van der Waals surface area contributed by atoms with Gasteiger partial charge in [0.05, 0.1) is 5.69 Å². The van der Waals surface area contributed by atoms with Crippen molar-refractivity contribution >= 4 is 11.6 Å². The molecule has 0 spiro atoms. The van der Waals surface area contributed by atoms with Gasteiger partial charge in [-0.25, -0.2) is 14.4 Å². The van der Waals surface area contributed by atoms with Gasteiger partial charge in [-0.1, -0.05) is 74.9 Å². The second-order valence-electron chi connectivity index (χ2n) is 11.9. The molecule has 0 saturated carbocycles. The molecule has 218 valence electrons. The number of anilines is 2. The Morgan fingerprint density at radius 2 is 1.62 bits per heavy atom. The molecule has 1 aliphatic heterocycles. The molecule has 2 heterocycles. The zero-order valence-corrected chi connectivity index (χ0v) is 24.9. The number of aromatic nitrogens is 2. The first-order valence-corrected chi connectivity index (χ1v) is 15.6. The van der Waals surface area contributed by atoms with Gasteiger partial charge in [-0.2, -0.15) is 0 Å². The summed E-state index contributed by atoms with van der Waals surface area (Å²) in [6.07, 6.45) is 6.21. The highest BCUT2D eigenvalue weighted by Crippen LogP contribution is 2.45. The van der Waals surface area contributed by atoms with Gasteiger partial charge in [0.15, 0.2) is 0 Å². The minimum Gasteiger partial charge on any atom is -0.324 e. The van der Waals surface area contributed by atoms with E-state index in [2.05, 4.69) is 77.5 Å². The van der Waals surface area contributed by atoms with E-state index in [1.54, 1.807) is 12.1 Å². The first-order valence-electron chi connectivity index (χ1n) is 15.6. The molecule has 5 nitrogen and oxygen atoms in total. The third-order valence-electron chi connectivity index (χ3n) is 9.11.